The lowest BCUT2D eigenvalue weighted by atomic mass is 10.1. The van der Waals surface area contributed by atoms with E-state index in [4.69, 9.17) is 21.0 Å². The monoisotopic (exact) mass is 595 g/mol. The molecule has 0 unspecified atom stereocenters. The fourth-order valence-corrected chi connectivity index (χ4v) is 5.75. The van der Waals surface area contributed by atoms with Crippen molar-refractivity contribution in [2.24, 2.45) is 7.05 Å². The second-order valence-electron chi connectivity index (χ2n) is 12.0. The Hall–Kier alpha value is -3.54. The molecule has 4 heterocycles. The normalized spacial score (nSPS) is 14.5. The smallest absolute Gasteiger partial charge is 0.329 e. The number of halogens is 2. The van der Waals surface area contributed by atoms with E-state index in [2.05, 4.69) is 49.3 Å². The van der Waals surface area contributed by atoms with Crippen molar-refractivity contribution in [2.45, 2.75) is 58.4 Å². The average molecular weight is 596 g/mol. The highest BCUT2D eigenvalue weighted by molar-refractivity contribution is 6.74. The van der Waals surface area contributed by atoms with Crippen LogP contribution in [0.25, 0.3) is 11.3 Å². The van der Waals surface area contributed by atoms with Crippen LogP contribution in [0.15, 0.2) is 48.9 Å². The highest BCUT2D eigenvalue weighted by Gasteiger charge is 2.40. The molecule has 0 saturated heterocycles. The Kier molecular flexibility index (Phi) is 7.56. The minimum atomic E-state index is -2.13. The molecule has 0 saturated carbocycles. The highest BCUT2D eigenvalue weighted by atomic mass is 35.5. The first-order valence-electron chi connectivity index (χ1n) is 13.5. The number of carbonyl (C=O) groups is 1. The SMILES string of the molecule is Cc1cnc(Nc2ccnn2C)nc1-c1cc2n(c1)C(=O)N([C@H](CO[Si](C)(C)C(C)(C)C)c1ccc(F)c(Cl)c1)C2. The average Bonchev–Trinajstić information content (AvgIpc) is 3.58. The molecule has 12 heteroatoms. The van der Waals surface area contributed by atoms with Gasteiger partial charge in [0.05, 0.1) is 36.1 Å². The third-order valence-electron chi connectivity index (χ3n) is 8.10. The van der Waals surface area contributed by atoms with Gasteiger partial charge in [-0.25, -0.2) is 19.2 Å². The van der Waals surface area contributed by atoms with E-state index in [-0.39, 0.29) is 22.7 Å². The molecule has 4 aromatic rings. The molecule has 0 radical (unpaired) electrons. The molecule has 9 nitrogen and oxygen atoms in total. The maximum Gasteiger partial charge on any atom is 0.329 e. The van der Waals surface area contributed by atoms with E-state index in [0.717, 1.165) is 33.9 Å². The van der Waals surface area contributed by atoms with Gasteiger partial charge in [0.15, 0.2) is 8.32 Å². The number of nitrogens with zero attached hydrogens (tertiary/aromatic N) is 6. The molecular formula is C29H35ClFN7O2Si. The second-order valence-corrected chi connectivity index (χ2v) is 17.2. The third kappa shape index (κ3) is 5.66. The van der Waals surface area contributed by atoms with Crippen LogP contribution < -0.4 is 5.32 Å². The first-order valence-corrected chi connectivity index (χ1v) is 16.7. The standard InChI is InChI=1S/C29H35ClFN7O2Si/c1-18-14-32-27(34-25-10-11-33-36(25)5)35-26(18)20-12-21-16-38(28(39)37(21)15-20)24(17-40-41(6,7)29(2,3)4)19-8-9-23(31)22(30)13-19/h8-15,24H,16-17H2,1-7H3,(H,32,34,35)/t24-/m1/s1. The Morgan fingerprint density at radius 2 is 1.98 bits per heavy atom. The zero-order valence-electron chi connectivity index (χ0n) is 24.4. The Morgan fingerprint density at radius 3 is 2.61 bits per heavy atom. The van der Waals surface area contributed by atoms with Crippen LogP contribution in [-0.4, -0.2) is 50.2 Å². The van der Waals surface area contributed by atoms with E-state index in [0.29, 0.717) is 12.5 Å². The molecule has 3 aromatic heterocycles. The summed E-state index contributed by atoms with van der Waals surface area (Å²) >= 11 is 6.16. The van der Waals surface area contributed by atoms with E-state index < -0.39 is 20.2 Å². The van der Waals surface area contributed by atoms with E-state index >= 15 is 0 Å². The number of fused-ring (bicyclic) bond motifs is 1. The van der Waals surface area contributed by atoms with Crippen LogP contribution in [0.1, 0.15) is 43.6 Å². The number of aryl methyl sites for hydroxylation is 2. The number of benzene rings is 1. The summed E-state index contributed by atoms with van der Waals surface area (Å²) in [5, 5.41) is 7.35. The van der Waals surface area contributed by atoms with Crippen molar-refractivity contribution in [3.8, 4) is 11.3 Å². The highest BCUT2D eigenvalue weighted by Crippen LogP contribution is 2.39. The predicted molar refractivity (Wildman–Crippen MR) is 160 cm³/mol. The molecule has 41 heavy (non-hydrogen) atoms. The molecule has 1 N–H and O–H groups in total. The number of aromatic nitrogens is 5. The van der Waals surface area contributed by atoms with Crippen molar-refractivity contribution in [1.82, 2.24) is 29.2 Å². The molecule has 1 aliphatic heterocycles. The van der Waals surface area contributed by atoms with Gasteiger partial charge in [0.2, 0.25) is 5.95 Å². The lowest BCUT2D eigenvalue weighted by Gasteiger charge is -2.38. The summed E-state index contributed by atoms with van der Waals surface area (Å²) in [6.45, 7) is 13.4. The quantitative estimate of drug-likeness (QED) is 0.219. The van der Waals surface area contributed by atoms with Crippen molar-refractivity contribution in [3.63, 3.8) is 0 Å². The Labute approximate surface area is 245 Å². The lowest BCUT2D eigenvalue weighted by Crippen LogP contribution is -2.44. The molecule has 0 aliphatic carbocycles. The summed E-state index contributed by atoms with van der Waals surface area (Å²) in [6, 6.07) is 7.79. The third-order valence-corrected chi connectivity index (χ3v) is 12.9. The van der Waals surface area contributed by atoms with Crippen LogP contribution >= 0.6 is 11.6 Å². The topological polar surface area (TPSA) is 90.1 Å². The van der Waals surface area contributed by atoms with Gasteiger partial charge in [-0.2, -0.15) is 5.10 Å². The maximum atomic E-state index is 14.0. The fraction of sp³-hybridized carbons (Fsp3) is 0.379. The van der Waals surface area contributed by atoms with Gasteiger partial charge in [-0.3, -0.25) is 9.25 Å². The number of hydrogen-bond acceptors (Lipinski definition) is 6. The molecule has 0 bridgehead atoms. The summed E-state index contributed by atoms with van der Waals surface area (Å²) in [7, 11) is -0.300. The fourth-order valence-electron chi connectivity index (χ4n) is 4.56. The summed E-state index contributed by atoms with van der Waals surface area (Å²) in [5.74, 6) is 0.696. The lowest BCUT2D eigenvalue weighted by molar-refractivity contribution is 0.144. The van der Waals surface area contributed by atoms with Gasteiger partial charge >= 0.3 is 6.03 Å². The van der Waals surface area contributed by atoms with E-state index in [1.54, 1.807) is 38.7 Å². The van der Waals surface area contributed by atoms with Crippen LogP contribution in [0, 0.1) is 12.7 Å². The van der Waals surface area contributed by atoms with Crippen molar-refractivity contribution >= 4 is 37.7 Å². The zero-order valence-corrected chi connectivity index (χ0v) is 26.1. The summed E-state index contributed by atoms with van der Waals surface area (Å²) in [5.41, 5.74) is 3.99. The number of rotatable bonds is 8. The van der Waals surface area contributed by atoms with Crippen LogP contribution in [0.5, 0.6) is 0 Å². The minimum absolute atomic E-state index is 0.00691. The Balaban J connectivity index is 1.43. The largest absolute Gasteiger partial charge is 0.414 e. The molecule has 5 rings (SSSR count). The Morgan fingerprint density at radius 1 is 1.22 bits per heavy atom. The van der Waals surface area contributed by atoms with Crippen molar-refractivity contribution in [1.29, 1.82) is 0 Å². The van der Waals surface area contributed by atoms with Crippen LogP contribution in [0.2, 0.25) is 23.2 Å². The first-order chi connectivity index (χ1) is 19.2. The maximum absolute atomic E-state index is 14.0. The van der Waals surface area contributed by atoms with Gasteiger partial charge in [-0.05, 0) is 54.4 Å². The summed E-state index contributed by atoms with van der Waals surface area (Å²) < 4.78 is 23.9. The number of amides is 1. The van der Waals surface area contributed by atoms with E-state index in [9.17, 15) is 9.18 Å². The van der Waals surface area contributed by atoms with E-state index in [1.165, 1.54) is 6.07 Å². The predicted octanol–water partition coefficient (Wildman–Crippen LogP) is 7.07. The molecular weight excluding hydrogens is 561 g/mol. The van der Waals surface area contributed by atoms with E-state index in [1.807, 2.05) is 32.3 Å². The summed E-state index contributed by atoms with van der Waals surface area (Å²) in [6.07, 6.45) is 5.26. The number of carbonyl (C=O) groups excluding carboxylic acids is 1. The zero-order chi connectivity index (χ0) is 29.7. The summed E-state index contributed by atoms with van der Waals surface area (Å²) in [4.78, 5) is 24.7. The van der Waals surface area contributed by atoms with Gasteiger partial charge in [-0.1, -0.05) is 38.4 Å². The van der Waals surface area contributed by atoms with Gasteiger partial charge < -0.3 is 14.6 Å². The molecule has 1 amide bonds. The van der Waals surface area contributed by atoms with Crippen molar-refractivity contribution < 1.29 is 13.6 Å². The molecule has 216 valence electrons. The van der Waals surface area contributed by atoms with Crippen LogP contribution in [0.3, 0.4) is 0 Å². The first kappa shape index (κ1) is 29.0. The molecule has 0 spiro atoms. The van der Waals surface area contributed by atoms with Crippen molar-refractivity contribution in [2.75, 3.05) is 11.9 Å². The minimum Gasteiger partial charge on any atom is -0.414 e. The van der Waals surface area contributed by atoms with Gasteiger partial charge in [-0.15, -0.1) is 0 Å². The molecule has 1 atom stereocenters. The number of anilines is 2. The molecule has 1 aromatic carbocycles. The number of hydrogen-bond donors (Lipinski definition) is 1. The van der Waals surface area contributed by atoms with Crippen LogP contribution in [-0.2, 0) is 18.0 Å². The van der Waals surface area contributed by atoms with Crippen LogP contribution in [0.4, 0.5) is 21.0 Å². The van der Waals surface area contributed by atoms with Gasteiger partial charge in [0.1, 0.15) is 11.6 Å². The van der Waals surface area contributed by atoms with Crippen molar-refractivity contribution in [3.05, 3.63) is 76.6 Å². The Bertz CT molecular complexity index is 1610. The second kappa shape index (κ2) is 10.7. The van der Waals surface area contributed by atoms with Gasteiger partial charge in [0.25, 0.3) is 0 Å². The molecule has 0 fully saturated rings. The molecule has 1 aliphatic rings. The van der Waals surface area contributed by atoms with Gasteiger partial charge in [0, 0.05) is 36.8 Å². The number of nitrogens with one attached hydrogen (secondary N) is 1.